The average Bonchev–Trinajstić information content (AvgIpc) is 2.57. The maximum absolute atomic E-state index is 12.2. The number of nitrogens with zero attached hydrogens (tertiary/aromatic N) is 2. The number of carbonyl (C=O) groups is 2. The Bertz CT molecular complexity index is 871. The number of benzene rings is 2. The molecule has 0 bridgehead atoms. The summed E-state index contributed by atoms with van der Waals surface area (Å²) in [7, 11) is 0. The van der Waals surface area contributed by atoms with Crippen LogP contribution in [0.15, 0.2) is 42.5 Å². The molecule has 0 radical (unpaired) electrons. The third-order valence-electron chi connectivity index (χ3n) is 3.51. The SMILES string of the molecule is O=C(CN1C(=O)COc2ccc([N+](=O)[O-])cc21)Nc1cccc(Cl)c1. The monoisotopic (exact) mass is 361 g/mol. The highest BCUT2D eigenvalue weighted by molar-refractivity contribution is 6.30. The first-order valence-corrected chi connectivity index (χ1v) is 7.59. The molecule has 2 aromatic carbocycles. The van der Waals surface area contributed by atoms with E-state index < -0.39 is 16.7 Å². The van der Waals surface area contributed by atoms with Gasteiger partial charge in [-0.05, 0) is 24.3 Å². The van der Waals surface area contributed by atoms with Crippen molar-refractivity contribution in [3.8, 4) is 5.75 Å². The molecule has 1 heterocycles. The van der Waals surface area contributed by atoms with Gasteiger partial charge in [-0.15, -0.1) is 0 Å². The second-order valence-electron chi connectivity index (χ2n) is 5.24. The summed E-state index contributed by atoms with van der Waals surface area (Å²) in [6.45, 7) is -0.544. The van der Waals surface area contributed by atoms with Gasteiger partial charge in [0.25, 0.3) is 11.6 Å². The molecule has 1 aliphatic rings. The molecular formula is C16H12ClN3O5. The summed E-state index contributed by atoms with van der Waals surface area (Å²) < 4.78 is 5.25. The molecule has 0 saturated heterocycles. The molecule has 3 rings (SSSR count). The van der Waals surface area contributed by atoms with Crippen LogP contribution in [-0.2, 0) is 9.59 Å². The summed E-state index contributed by atoms with van der Waals surface area (Å²) in [5.74, 6) is -0.620. The Morgan fingerprint density at radius 3 is 2.84 bits per heavy atom. The molecule has 0 aromatic heterocycles. The number of ether oxygens (including phenoxy) is 1. The zero-order chi connectivity index (χ0) is 18.0. The molecule has 0 aliphatic carbocycles. The third-order valence-corrected chi connectivity index (χ3v) is 3.74. The maximum atomic E-state index is 12.2. The van der Waals surface area contributed by atoms with Crippen molar-refractivity contribution in [1.82, 2.24) is 0 Å². The van der Waals surface area contributed by atoms with Gasteiger partial charge in [0, 0.05) is 22.8 Å². The van der Waals surface area contributed by atoms with Crippen LogP contribution < -0.4 is 15.0 Å². The van der Waals surface area contributed by atoms with Gasteiger partial charge in [0.1, 0.15) is 12.3 Å². The van der Waals surface area contributed by atoms with Gasteiger partial charge in [0.2, 0.25) is 5.91 Å². The van der Waals surface area contributed by atoms with Crippen LogP contribution in [0.1, 0.15) is 0 Å². The lowest BCUT2D eigenvalue weighted by Gasteiger charge is -2.28. The number of nitro groups is 1. The number of fused-ring (bicyclic) bond motifs is 1. The Labute approximate surface area is 147 Å². The maximum Gasteiger partial charge on any atom is 0.271 e. The number of non-ortho nitro benzene ring substituents is 1. The van der Waals surface area contributed by atoms with Crippen molar-refractivity contribution in [3.05, 3.63) is 57.6 Å². The van der Waals surface area contributed by atoms with Crippen LogP contribution in [0.5, 0.6) is 5.75 Å². The first-order valence-electron chi connectivity index (χ1n) is 7.21. The number of carbonyl (C=O) groups excluding carboxylic acids is 2. The minimum absolute atomic E-state index is 0.187. The molecule has 128 valence electrons. The van der Waals surface area contributed by atoms with E-state index in [2.05, 4.69) is 5.32 Å². The largest absolute Gasteiger partial charge is 0.482 e. The van der Waals surface area contributed by atoms with Gasteiger partial charge in [0.05, 0.1) is 10.6 Å². The van der Waals surface area contributed by atoms with E-state index in [9.17, 15) is 19.7 Å². The fraction of sp³-hybridized carbons (Fsp3) is 0.125. The summed E-state index contributed by atoms with van der Waals surface area (Å²) in [4.78, 5) is 35.9. The van der Waals surface area contributed by atoms with E-state index in [1.165, 1.54) is 18.2 Å². The van der Waals surface area contributed by atoms with Gasteiger partial charge in [-0.25, -0.2) is 0 Å². The predicted molar refractivity (Wildman–Crippen MR) is 91.0 cm³/mol. The number of rotatable bonds is 4. The number of anilines is 2. The molecule has 1 N–H and O–H groups in total. The lowest BCUT2D eigenvalue weighted by molar-refractivity contribution is -0.384. The second-order valence-corrected chi connectivity index (χ2v) is 5.67. The Morgan fingerprint density at radius 2 is 2.12 bits per heavy atom. The molecule has 1 aliphatic heterocycles. The molecule has 0 spiro atoms. The normalized spacial score (nSPS) is 13.0. The number of halogens is 1. The zero-order valence-electron chi connectivity index (χ0n) is 12.8. The minimum atomic E-state index is -0.580. The Kier molecular flexibility index (Phi) is 4.53. The number of hydrogen-bond donors (Lipinski definition) is 1. The van der Waals surface area contributed by atoms with Crippen LogP contribution in [0.3, 0.4) is 0 Å². The summed E-state index contributed by atoms with van der Waals surface area (Å²) in [5, 5.41) is 14.0. The van der Waals surface area contributed by atoms with E-state index in [4.69, 9.17) is 16.3 Å². The second kappa shape index (κ2) is 6.78. The van der Waals surface area contributed by atoms with Crippen molar-refractivity contribution in [3.63, 3.8) is 0 Å². The fourth-order valence-corrected chi connectivity index (χ4v) is 2.58. The van der Waals surface area contributed by atoms with E-state index >= 15 is 0 Å². The van der Waals surface area contributed by atoms with Crippen LogP contribution >= 0.6 is 11.6 Å². The summed E-state index contributed by atoms with van der Waals surface area (Å²) in [6, 6.07) is 10.5. The van der Waals surface area contributed by atoms with Gasteiger partial charge >= 0.3 is 0 Å². The van der Waals surface area contributed by atoms with E-state index in [1.807, 2.05) is 0 Å². The molecule has 0 atom stereocenters. The van der Waals surface area contributed by atoms with Crippen molar-refractivity contribution >= 4 is 40.5 Å². The van der Waals surface area contributed by atoms with Gasteiger partial charge in [-0.3, -0.25) is 24.6 Å². The molecule has 8 nitrogen and oxygen atoms in total. The Morgan fingerprint density at radius 1 is 1.32 bits per heavy atom. The molecule has 2 amide bonds. The number of nitro benzene ring substituents is 1. The molecular weight excluding hydrogens is 350 g/mol. The van der Waals surface area contributed by atoms with Crippen molar-refractivity contribution in [2.45, 2.75) is 0 Å². The zero-order valence-corrected chi connectivity index (χ0v) is 13.5. The van der Waals surface area contributed by atoms with Gasteiger partial charge < -0.3 is 10.1 Å². The smallest absolute Gasteiger partial charge is 0.271 e. The lowest BCUT2D eigenvalue weighted by atomic mass is 10.2. The van der Waals surface area contributed by atoms with Crippen LogP contribution in [0.2, 0.25) is 5.02 Å². The quantitative estimate of drug-likeness (QED) is 0.666. The summed E-state index contributed by atoms with van der Waals surface area (Å²) in [5.41, 5.74) is 0.474. The first kappa shape index (κ1) is 16.7. The van der Waals surface area contributed by atoms with Gasteiger partial charge in [-0.1, -0.05) is 17.7 Å². The van der Waals surface area contributed by atoms with Crippen LogP contribution in [-0.4, -0.2) is 29.9 Å². The highest BCUT2D eigenvalue weighted by atomic mass is 35.5. The van der Waals surface area contributed by atoms with Crippen LogP contribution in [0.25, 0.3) is 0 Å². The molecule has 9 heteroatoms. The topological polar surface area (TPSA) is 102 Å². The van der Waals surface area contributed by atoms with Gasteiger partial charge in [-0.2, -0.15) is 0 Å². The van der Waals surface area contributed by atoms with Crippen molar-refractivity contribution in [2.24, 2.45) is 0 Å². The van der Waals surface area contributed by atoms with Gasteiger partial charge in [0.15, 0.2) is 6.61 Å². The highest BCUT2D eigenvalue weighted by Gasteiger charge is 2.29. The van der Waals surface area contributed by atoms with E-state index in [0.717, 1.165) is 4.90 Å². The number of amides is 2. The van der Waals surface area contributed by atoms with Crippen LogP contribution in [0, 0.1) is 10.1 Å². The lowest BCUT2D eigenvalue weighted by Crippen LogP contribution is -2.43. The summed E-state index contributed by atoms with van der Waals surface area (Å²) >= 11 is 5.86. The fourth-order valence-electron chi connectivity index (χ4n) is 2.39. The first-order chi connectivity index (χ1) is 11.9. The Hall–Kier alpha value is -3.13. The van der Waals surface area contributed by atoms with Crippen molar-refractivity contribution < 1.29 is 19.2 Å². The molecule has 2 aromatic rings. The van der Waals surface area contributed by atoms with Crippen molar-refractivity contribution in [2.75, 3.05) is 23.4 Å². The van der Waals surface area contributed by atoms with Crippen LogP contribution in [0.4, 0.5) is 17.1 Å². The third kappa shape index (κ3) is 3.69. The molecule has 0 fully saturated rings. The minimum Gasteiger partial charge on any atom is -0.482 e. The molecule has 0 unspecified atom stereocenters. The Balaban J connectivity index is 1.82. The number of hydrogen-bond acceptors (Lipinski definition) is 5. The van der Waals surface area contributed by atoms with Crippen molar-refractivity contribution in [1.29, 1.82) is 0 Å². The predicted octanol–water partition coefficient (Wildman–Crippen LogP) is 2.61. The highest BCUT2D eigenvalue weighted by Crippen LogP contribution is 2.35. The standard InChI is InChI=1S/C16H12ClN3O5/c17-10-2-1-3-11(6-10)18-15(21)8-19-13-7-12(20(23)24)4-5-14(13)25-9-16(19)22/h1-7H,8-9H2,(H,18,21). The van der Waals surface area contributed by atoms with E-state index in [-0.39, 0.29) is 24.5 Å². The average molecular weight is 362 g/mol. The molecule has 25 heavy (non-hydrogen) atoms. The van der Waals surface area contributed by atoms with E-state index in [0.29, 0.717) is 16.5 Å². The number of nitrogens with one attached hydrogen (secondary N) is 1. The summed E-state index contributed by atoms with van der Waals surface area (Å²) in [6.07, 6.45) is 0. The van der Waals surface area contributed by atoms with E-state index in [1.54, 1.807) is 24.3 Å². The molecule has 0 saturated carbocycles.